The number of alkyl halides is 2. The Hall–Kier alpha value is -0.760. The number of hydrogen-bond donors (Lipinski definition) is 0. The van der Waals surface area contributed by atoms with E-state index in [0.717, 1.165) is 6.92 Å². The molecule has 0 aromatic heterocycles. The maximum atomic E-state index is 12.1. The Morgan fingerprint density at radius 2 is 2.00 bits per heavy atom. The molecule has 0 N–H and O–H groups in total. The van der Waals surface area contributed by atoms with Gasteiger partial charge in [0.25, 0.3) is 0 Å². The third kappa shape index (κ3) is 3.09. The minimum Gasteiger partial charge on any atom is -0.743 e. The van der Waals surface area contributed by atoms with Gasteiger partial charge in [-0.25, -0.2) is 8.42 Å². The predicted molar refractivity (Wildman–Crippen MR) is 31.3 cm³/mol. The molecule has 0 amide bonds. The molecule has 0 saturated carbocycles. The summed E-state index contributed by atoms with van der Waals surface area (Å²) in [4.78, 5) is 9.96. The number of esters is 1. The van der Waals surface area contributed by atoms with Gasteiger partial charge in [-0.15, -0.1) is 0 Å². The van der Waals surface area contributed by atoms with Crippen molar-refractivity contribution in [2.75, 3.05) is 6.61 Å². The van der Waals surface area contributed by atoms with Gasteiger partial charge in [0, 0.05) is 6.92 Å². The lowest BCUT2D eigenvalue weighted by Crippen LogP contribution is -2.34. The standard InChI is InChI=1S/C4H6F2O5S/c1-3(7)11-2-4(5,6)12(8,9)10/h2H2,1H3,(H,8,9,10)/p-1. The fourth-order valence-corrected chi connectivity index (χ4v) is 0.461. The van der Waals surface area contributed by atoms with Crippen LogP contribution in [0.15, 0.2) is 0 Å². The van der Waals surface area contributed by atoms with E-state index in [-0.39, 0.29) is 0 Å². The molecule has 0 radical (unpaired) electrons. The summed E-state index contributed by atoms with van der Waals surface area (Å²) in [5.74, 6) is -1.08. The van der Waals surface area contributed by atoms with Gasteiger partial charge < -0.3 is 9.29 Å². The normalized spacial score (nSPS) is 12.7. The summed E-state index contributed by atoms with van der Waals surface area (Å²) in [6.07, 6.45) is 0. The second-order valence-electron chi connectivity index (χ2n) is 1.87. The molecule has 5 nitrogen and oxygen atoms in total. The molecule has 0 saturated heterocycles. The molecule has 72 valence electrons. The van der Waals surface area contributed by atoms with Crippen molar-refractivity contribution in [1.29, 1.82) is 0 Å². The molecule has 12 heavy (non-hydrogen) atoms. The maximum absolute atomic E-state index is 12.1. The van der Waals surface area contributed by atoms with E-state index < -0.39 is 27.9 Å². The summed E-state index contributed by atoms with van der Waals surface area (Å²) in [7, 11) is -5.76. The summed E-state index contributed by atoms with van der Waals surface area (Å²) in [6.45, 7) is -0.929. The van der Waals surface area contributed by atoms with Crippen molar-refractivity contribution >= 4 is 16.1 Å². The van der Waals surface area contributed by atoms with Crippen LogP contribution in [0.5, 0.6) is 0 Å². The van der Waals surface area contributed by atoms with E-state index in [0.29, 0.717) is 0 Å². The summed E-state index contributed by atoms with van der Waals surface area (Å²) < 4.78 is 57.2. The third-order valence-electron chi connectivity index (χ3n) is 0.809. The first-order chi connectivity index (χ1) is 5.17. The Labute approximate surface area is 67.1 Å². The Morgan fingerprint density at radius 1 is 1.58 bits per heavy atom. The minimum atomic E-state index is -5.76. The molecule has 0 atom stereocenters. The van der Waals surface area contributed by atoms with E-state index >= 15 is 0 Å². The van der Waals surface area contributed by atoms with Crippen LogP contribution < -0.4 is 0 Å². The fourth-order valence-electron chi connectivity index (χ4n) is 0.258. The molecule has 0 aliphatic rings. The largest absolute Gasteiger partial charge is 0.743 e. The van der Waals surface area contributed by atoms with Crippen molar-refractivity contribution < 1.29 is 31.3 Å². The molecule has 0 aliphatic carbocycles. The van der Waals surface area contributed by atoms with E-state index in [2.05, 4.69) is 4.74 Å². The second-order valence-corrected chi connectivity index (χ2v) is 3.38. The predicted octanol–water partition coefficient (Wildman–Crippen LogP) is -0.312. The molecular formula is C4H5F2O5S-. The Bertz CT molecular complexity index is 269. The van der Waals surface area contributed by atoms with Gasteiger partial charge in [0.15, 0.2) is 16.7 Å². The van der Waals surface area contributed by atoms with E-state index in [9.17, 15) is 26.5 Å². The van der Waals surface area contributed by atoms with Gasteiger partial charge in [-0.3, -0.25) is 4.79 Å². The summed E-state index contributed by atoms with van der Waals surface area (Å²) in [5, 5.41) is -4.56. The monoisotopic (exact) mass is 203 g/mol. The van der Waals surface area contributed by atoms with E-state index in [1.54, 1.807) is 0 Å². The SMILES string of the molecule is CC(=O)OCC(F)(F)S(=O)(=O)[O-]. The lowest BCUT2D eigenvalue weighted by molar-refractivity contribution is -0.146. The zero-order chi connectivity index (χ0) is 9.99. The first-order valence-corrected chi connectivity index (χ1v) is 4.04. The molecule has 0 fully saturated rings. The smallest absolute Gasteiger partial charge is 0.367 e. The number of rotatable bonds is 3. The van der Waals surface area contributed by atoms with Crippen LogP contribution in [-0.2, 0) is 19.6 Å². The Kier molecular flexibility index (Phi) is 3.10. The summed E-state index contributed by atoms with van der Waals surface area (Å²) in [6, 6.07) is 0. The topological polar surface area (TPSA) is 83.5 Å². The van der Waals surface area contributed by atoms with Gasteiger partial charge in [-0.2, -0.15) is 8.78 Å². The lowest BCUT2D eigenvalue weighted by atomic mass is 10.7. The quantitative estimate of drug-likeness (QED) is 0.464. The molecule has 0 spiro atoms. The van der Waals surface area contributed by atoms with E-state index in [1.165, 1.54) is 0 Å². The summed E-state index contributed by atoms with van der Waals surface area (Å²) in [5.41, 5.74) is 0. The van der Waals surface area contributed by atoms with Crippen molar-refractivity contribution in [2.24, 2.45) is 0 Å². The molecular weight excluding hydrogens is 198 g/mol. The van der Waals surface area contributed by atoms with Crippen molar-refractivity contribution in [2.45, 2.75) is 12.2 Å². The molecule has 0 aromatic rings. The lowest BCUT2D eigenvalue weighted by Gasteiger charge is -2.18. The van der Waals surface area contributed by atoms with E-state index in [1.807, 2.05) is 0 Å². The van der Waals surface area contributed by atoms with Crippen LogP contribution in [0.1, 0.15) is 6.92 Å². The molecule has 8 heteroatoms. The highest BCUT2D eigenvalue weighted by atomic mass is 32.2. The van der Waals surface area contributed by atoms with Gasteiger partial charge >= 0.3 is 11.2 Å². The maximum Gasteiger partial charge on any atom is 0.367 e. The molecule has 0 aromatic carbocycles. The highest BCUT2D eigenvalue weighted by Crippen LogP contribution is 2.20. The average molecular weight is 203 g/mol. The zero-order valence-corrected chi connectivity index (χ0v) is 6.73. The van der Waals surface area contributed by atoms with E-state index in [4.69, 9.17) is 0 Å². The highest BCUT2D eigenvalue weighted by Gasteiger charge is 2.38. The van der Waals surface area contributed by atoms with Gasteiger partial charge in [-0.1, -0.05) is 0 Å². The van der Waals surface area contributed by atoms with Crippen LogP contribution in [-0.4, -0.2) is 30.8 Å². The van der Waals surface area contributed by atoms with Gasteiger partial charge in [0.05, 0.1) is 0 Å². The van der Waals surface area contributed by atoms with Crippen LogP contribution in [0.25, 0.3) is 0 Å². The molecule has 0 aliphatic heterocycles. The highest BCUT2D eigenvalue weighted by molar-refractivity contribution is 7.86. The number of hydrogen-bond acceptors (Lipinski definition) is 5. The van der Waals surface area contributed by atoms with Crippen LogP contribution >= 0.6 is 0 Å². The molecule has 0 bridgehead atoms. The van der Waals surface area contributed by atoms with Gasteiger partial charge in [0.1, 0.15) is 0 Å². The van der Waals surface area contributed by atoms with Crippen molar-refractivity contribution in [3.8, 4) is 0 Å². The molecule has 0 unspecified atom stereocenters. The minimum absolute atomic E-state index is 0.813. The number of carbonyl (C=O) groups excluding carboxylic acids is 1. The summed E-state index contributed by atoms with van der Waals surface area (Å²) >= 11 is 0. The number of halogens is 2. The van der Waals surface area contributed by atoms with Gasteiger partial charge in [0.2, 0.25) is 0 Å². The van der Waals surface area contributed by atoms with Crippen LogP contribution in [0.3, 0.4) is 0 Å². The van der Waals surface area contributed by atoms with Crippen LogP contribution in [0, 0.1) is 0 Å². The van der Waals surface area contributed by atoms with Gasteiger partial charge in [-0.05, 0) is 0 Å². The average Bonchev–Trinajstić information content (AvgIpc) is 1.81. The molecule has 0 heterocycles. The number of carbonyl (C=O) groups is 1. The molecule has 0 rings (SSSR count). The van der Waals surface area contributed by atoms with Crippen molar-refractivity contribution in [3.05, 3.63) is 0 Å². The van der Waals surface area contributed by atoms with Crippen molar-refractivity contribution in [1.82, 2.24) is 0 Å². The number of ether oxygens (including phenoxy) is 1. The first-order valence-electron chi connectivity index (χ1n) is 2.63. The fraction of sp³-hybridized carbons (Fsp3) is 0.750. The Morgan fingerprint density at radius 3 is 2.25 bits per heavy atom. The second kappa shape index (κ2) is 3.31. The first kappa shape index (κ1) is 11.2. The van der Waals surface area contributed by atoms with Crippen LogP contribution in [0.4, 0.5) is 8.78 Å². The van der Waals surface area contributed by atoms with Crippen molar-refractivity contribution in [3.63, 3.8) is 0 Å². The third-order valence-corrected chi connectivity index (χ3v) is 1.66. The van der Waals surface area contributed by atoms with Crippen LogP contribution in [0.2, 0.25) is 0 Å². The zero-order valence-electron chi connectivity index (χ0n) is 5.91. The Balaban J connectivity index is 4.35.